The molecular formula is C18H15F3N4O3S2. The number of anilines is 1. The quantitative estimate of drug-likeness (QED) is 0.262. The molecule has 1 N–H and O–H groups in total. The lowest BCUT2D eigenvalue weighted by atomic mass is 10.1. The maximum atomic E-state index is 13.1. The minimum Gasteiger partial charge on any atom is -0.288 e. The maximum absolute atomic E-state index is 13.1. The normalized spacial score (nSPS) is 13.5. The van der Waals surface area contributed by atoms with E-state index in [2.05, 4.69) is 14.7 Å². The van der Waals surface area contributed by atoms with Gasteiger partial charge in [-0.3, -0.25) is 19.8 Å². The number of nitrogens with zero attached hydrogens (tertiary/aromatic N) is 3. The predicted octanol–water partition coefficient (Wildman–Crippen LogP) is 4.61. The molecule has 30 heavy (non-hydrogen) atoms. The lowest BCUT2D eigenvalue weighted by Gasteiger charge is -2.12. The number of benzene rings is 1. The third-order valence-electron chi connectivity index (χ3n) is 4.20. The summed E-state index contributed by atoms with van der Waals surface area (Å²) in [5.74, 6) is 0. The Balaban J connectivity index is 1.84. The van der Waals surface area contributed by atoms with Crippen LogP contribution in [-0.2, 0) is 15.9 Å². The molecule has 0 spiro atoms. The fraction of sp³-hybridized carbons (Fsp3) is 0.167. The van der Waals surface area contributed by atoms with Crippen LogP contribution in [0.1, 0.15) is 18.2 Å². The fourth-order valence-electron chi connectivity index (χ4n) is 2.44. The van der Waals surface area contributed by atoms with Crippen molar-refractivity contribution >= 4 is 36.7 Å². The second kappa shape index (κ2) is 8.03. The molecule has 3 rings (SSSR count). The van der Waals surface area contributed by atoms with Crippen molar-refractivity contribution in [2.24, 2.45) is 0 Å². The Morgan fingerprint density at radius 2 is 1.87 bits per heavy atom. The molecule has 1 atom stereocenters. The van der Waals surface area contributed by atoms with Crippen LogP contribution in [0, 0.1) is 10.1 Å². The van der Waals surface area contributed by atoms with E-state index in [1.807, 2.05) is 0 Å². The standard InChI is InChI=1S/C18H15F3N4O3S2/c1-11(13-5-8-16(22-9-13)18(19,20)21)30(2,28)24-17-23-15(10-29-17)12-3-6-14(7-4-12)25(26)27/h3-10H,1-2H3,(H,23,24,28). The summed E-state index contributed by atoms with van der Waals surface area (Å²) in [6.07, 6.45) is -2.09. The topological polar surface area (TPSA) is 98.0 Å². The molecule has 0 saturated heterocycles. The summed E-state index contributed by atoms with van der Waals surface area (Å²) in [4.78, 5) is 18.3. The highest BCUT2D eigenvalue weighted by Gasteiger charge is 2.32. The van der Waals surface area contributed by atoms with Crippen molar-refractivity contribution in [3.63, 3.8) is 0 Å². The first kappa shape index (κ1) is 21.7. The van der Waals surface area contributed by atoms with Crippen LogP contribution in [0.2, 0.25) is 0 Å². The van der Waals surface area contributed by atoms with E-state index in [4.69, 9.17) is 0 Å². The number of non-ortho nitro benzene ring substituents is 1. The molecule has 158 valence electrons. The summed E-state index contributed by atoms with van der Waals surface area (Å²) in [6.45, 7) is 1.55. The van der Waals surface area contributed by atoms with Crippen molar-refractivity contribution in [1.82, 2.24) is 9.97 Å². The Kier molecular flexibility index (Phi) is 5.81. The van der Waals surface area contributed by atoms with E-state index in [9.17, 15) is 27.5 Å². The van der Waals surface area contributed by atoms with Crippen molar-refractivity contribution in [2.75, 3.05) is 11.0 Å². The van der Waals surface area contributed by atoms with Crippen molar-refractivity contribution < 1.29 is 22.3 Å². The van der Waals surface area contributed by atoms with Crippen LogP contribution in [0.3, 0.4) is 0 Å². The van der Waals surface area contributed by atoms with Crippen molar-refractivity contribution in [2.45, 2.75) is 13.1 Å². The minimum atomic E-state index is -4.55. The number of nitro benzene ring substituents is 1. The second-order valence-corrected chi connectivity index (χ2v) is 9.64. The molecule has 0 aliphatic heterocycles. The zero-order valence-electron chi connectivity index (χ0n) is 15.6. The van der Waals surface area contributed by atoms with Crippen molar-refractivity contribution in [1.29, 1.82) is 0 Å². The molecule has 7 nitrogen and oxygen atoms in total. The zero-order valence-corrected chi connectivity index (χ0v) is 17.3. The molecule has 2 heterocycles. The number of halogens is 3. The van der Waals surface area contributed by atoms with Gasteiger partial charge in [0.25, 0.3) is 5.69 Å². The third-order valence-corrected chi connectivity index (χ3v) is 7.08. The Bertz CT molecular complexity index is 1200. The first-order chi connectivity index (χ1) is 14.0. The number of nitro groups is 1. The molecule has 0 fully saturated rings. The highest BCUT2D eigenvalue weighted by Crippen LogP contribution is 2.28. The molecule has 12 heteroatoms. The van der Waals surface area contributed by atoms with Crippen molar-refractivity contribution in [3.8, 4) is 11.3 Å². The lowest BCUT2D eigenvalue weighted by Crippen LogP contribution is -2.20. The largest absolute Gasteiger partial charge is 0.433 e. The summed E-state index contributed by atoms with van der Waals surface area (Å²) in [5.41, 5.74) is 0.443. The third kappa shape index (κ3) is 4.76. The van der Waals surface area contributed by atoms with E-state index in [-0.39, 0.29) is 5.69 Å². The smallest absolute Gasteiger partial charge is 0.288 e. The lowest BCUT2D eigenvalue weighted by molar-refractivity contribution is -0.384. The first-order valence-corrected chi connectivity index (χ1v) is 11.2. The van der Waals surface area contributed by atoms with Crippen molar-refractivity contribution in [3.05, 3.63) is 69.3 Å². The van der Waals surface area contributed by atoms with Gasteiger partial charge in [0.2, 0.25) is 0 Å². The molecule has 3 aromatic rings. The van der Waals surface area contributed by atoms with Gasteiger partial charge < -0.3 is 0 Å². The van der Waals surface area contributed by atoms with Crippen LogP contribution in [-0.4, -0.2) is 30.2 Å². The number of alkyl halides is 3. The summed E-state index contributed by atoms with van der Waals surface area (Å²) in [5, 5.41) is 12.8. The number of hydrogen-bond acceptors (Lipinski definition) is 6. The van der Waals surface area contributed by atoms with Gasteiger partial charge in [-0.25, -0.2) is 9.19 Å². The van der Waals surface area contributed by atoms with Crippen LogP contribution < -0.4 is 4.72 Å². The SMILES string of the molecule is CC(c1ccc(C(F)(F)F)nc1)=S(C)(=O)Nc1nc(-c2ccc([N+](=O)[O-])cc2)cs1. The second-order valence-electron chi connectivity index (χ2n) is 6.27. The van der Waals surface area contributed by atoms with Gasteiger partial charge in [-0.15, -0.1) is 11.3 Å². The van der Waals surface area contributed by atoms with Crippen LogP contribution >= 0.6 is 11.3 Å². The highest BCUT2D eigenvalue weighted by atomic mass is 32.2. The van der Waals surface area contributed by atoms with Gasteiger partial charge in [-0.2, -0.15) is 13.2 Å². The van der Waals surface area contributed by atoms with E-state index < -0.39 is 26.5 Å². The molecule has 0 aliphatic rings. The molecule has 0 saturated carbocycles. The van der Waals surface area contributed by atoms with E-state index in [1.54, 1.807) is 24.4 Å². The number of thiazole rings is 1. The Morgan fingerprint density at radius 3 is 2.40 bits per heavy atom. The van der Waals surface area contributed by atoms with Gasteiger partial charge >= 0.3 is 6.18 Å². The van der Waals surface area contributed by atoms with Crippen LogP contribution in [0.4, 0.5) is 24.0 Å². The molecule has 0 radical (unpaired) electrons. The van der Waals surface area contributed by atoms with Gasteiger partial charge in [0.05, 0.1) is 20.3 Å². The first-order valence-electron chi connectivity index (χ1n) is 8.32. The zero-order chi connectivity index (χ0) is 22.1. The minimum absolute atomic E-state index is 0.0423. The van der Waals surface area contributed by atoms with Gasteiger partial charge in [-0.1, -0.05) is 6.07 Å². The fourth-order valence-corrected chi connectivity index (χ4v) is 4.78. The number of nitrogens with one attached hydrogen (secondary N) is 1. The van der Waals surface area contributed by atoms with Gasteiger partial charge in [0.15, 0.2) is 5.13 Å². The summed E-state index contributed by atoms with van der Waals surface area (Å²) < 4.78 is 53.9. The molecule has 1 aromatic carbocycles. The Labute approximate surface area is 173 Å². The molecule has 1 unspecified atom stereocenters. The summed E-state index contributed by atoms with van der Waals surface area (Å²) in [7, 11) is -2.85. The summed E-state index contributed by atoms with van der Waals surface area (Å²) >= 11 is 1.19. The monoisotopic (exact) mass is 456 g/mol. The predicted molar refractivity (Wildman–Crippen MR) is 111 cm³/mol. The van der Waals surface area contributed by atoms with Crippen LogP contribution in [0.15, 0.2) is 48.0 Å². The number of rotatable bonds is 5. The van der Waals surface area contributed by atoms with E-state index in [1.165, 1.54) is 35.8 Å². The average Bonchev–Trinajstić information content (AvgIpc) is 3.14. The van der Waals surface area contributed by atoms with Gasteiger partial charge in [0.1, 0.15) is 5.69 Å². The number of pyridine rings is 1. The maximum Gasteiger partial charge on any atom is 0.433 e. The molecule has 0 bridgehead atoms. The Hall–Kier alpha value is -2.99. The summed E-state index contributed by atoms with van der Waals surface area (Å²) in [6, 6.07) is 7.90. The van der Waals surface area contributed by atoms with E-state index >= 15 is 0 Å². The highest BCUT2D eigenvalue weighted by molar-refractivity contribution is 8.03. The molecular weight excluding hydrogens is 441 g/mol. The van der Waals surface area contributed by atoms with E-state index in [0.717, 1.165) is 12.3 Å². The average molecular weight is 456 g/mol. The van der Waals surface area contributed by atoms with E-state index in [0.29, 0.717) is 26.8 Å². The Morgan fingerprint density at radius 1 is 1.20 bits per heavy atom. The molecule has 2 aromatic heterocycles. The van der Waals surface area contributed by atoms with Crippen LogP contribution in [0.5, 0.6) is 0 Å². The number of hydrogen-bond donors (Lipinski definition) is 1. The number of aromatic nitrogens is 2. The van der Waals surface area contributed by atoms with Gasteiger partial charge in [-0.05, 0) is 25.1 Å². The van der Waals surface area contributed by atoms with Gasteiger partial charge in [0, 0.05) is 46.0 Å². The molecule has 0 aliphatic carbocycles. The molecule has 0 amide bonds. The van der Waals surface area contributed by atoms with Crippen LogP contribution in [0.25, 0.3) is 11.3 Å².